The van der Waals surface area contributed by atoms with Gasteiger partial charge in [0.2, 0.25) is 0 Å². The summed E-state index contributed by atoms with van der Waals surface area (Å²) in [6.07, 6.45) is 6.56. The number of carbonyl (C=O) groups is 1. The van der Waals surface area contributed by atoms with E-state index in [9.17, 15) is 4.79 Å². The van der Waals surface area contributed by atoms with Crippen LogP contribution < -0.4 is 5.32 Å². The number of nitrogens with one attached hydrogen (secondary N) is 1. The maximum atomic E-state index is 11.7. The topological polar surface area (TPSA) is 67.8 Å². The Morgan fingerprint density at radius 3 is 2.84 bits per heavy atom. The molecule has 1 N–H and O–H groups in total. The van der Waals surface area contributed by atoms with Gasteiger partial charge in [-0.15, -0.1) is 6.58 Å². The molecule has 2 aromatic rings. The van der Waals surface area contributed by atoms with Crippen LogP contribution in [0.25, 0.3) is 0 Å². The van der Waals surface area contributed by atoms with E-state index in [0.717, 1.165) is 4.90 Å². The second-order valence-corrected chi connectivity index (χ2v) is 4.55. The second kappa shape index (κ2) is 6.65. The molecule has 6 heteroatoms. The van der Waals surface area contributed by atoms with Crippen LogP contribution >= 0.6 is 11.8 Å². The van der Waals surface area contributed by atoms with Gasteiger partial charge in [0, 0.05) is 30.0 Å². The van der Waals surface area contributed by atoms with E-state index in [2.05, 4.69) is 26.8 Å². The quantitative estimate of drug-likeness (QED) is 0.665. The largest absolute Gasteiger partial charge is 0.347 e. The molecule has 2 rings (SSSR count). The Kier molecular flexibility index (Phi) is 4.63. The third kappa shape index (κ3) is 3.89. The van der Waals surface area contributed by atoms with Crippen molar-refractivity contribution < 1.29 is 4.79 Å². The second-order valence-electron chi connectivity index (χ2n) is 3.51. The Balaban J connectivity index is 2.11. The fourth-order valence-electron chi connectivity index (χ4n) is 1.30. The number of pyridine rings is 1. The van der Waals surface area contributed by atoms with E-state index >= 15 is 0 Å². The highest BCUT2D eigenvalue weighted by Gasteiger charge is 2.08. The van der Waals surface area contributed by atoms with Crippen molar-refractivity contribution >= 4 is 17.7 Å². The van der Waals surface area contributed by atoms with E-state index in [1.165, 1.54) is 11.8 Å². The lowest BCUT2D eigenvalue weighted by Gasteiger charge is -2.03. The fraction of sp³-hybridized carbons (Fsp3) is 0.0769. The maximum absolute atomic E-state index is 11.7. The molecule has 0 radical (unpaired) electrons. The molecule has 0 aliphatic carbocycles. The van der Waals surface area contributed by atoms with Crippen LogP contribution in [0, 0.1) is 0 Å². The molecule has 0 aliphatic heterocycles. The van der Waals surface area contributed by atoms with Gasteiger partial charge in [-0.3, -0.25) is 9.78 Å². The predicted molar refractivity (Wildman–Crippen MR) is 72.9 cm³/mol. The zero-order valence-electron chi connectivity index (χ0n) is 10.1. The van der Waals surface area contributed by atoms with Crippen molar-refractivity contribution in [2.45, 2.75) is 10.1 Å². The summed E-state index contributed by atoms with van der Waals surface area (Å²) in [7, 11) is 0. The smallest absolute Gasteiger partial charge is 0.270 e. The van der Waals surface area contributed by atoms with Crippen molar-refractivity contribution in [2.75, 3.05) is 6.54 Å². The molecule has 0 saturated carbocycles. The summed E-state index contributed by atoms with van der Waals surface area (Å²) in [5.74, 6) is -0.226. The van der Waals surface area contributed by atoms with Crippen LogP contribution in [0.4, 0.5) is 0 Å². The average Bonchev–Trinajstić information content (AvgIpc) is 2.46. The predicted octanol–water partition coefficient (Wildman–Crippen LogP) is 1.94. The highest BCUT2D eigenvalue weighted by Crippen LogP contribution is 2.23. The SMILES string of the molecule is C=CCNC(=O)c1cc(Sc2ncccn2)ccn1. The van der Waals surface area contributed by atoms with E-state index in [-0.39, 0.29) is 5.91 Å². The van der Waals surface area contributed by atoms with Gasteiger partial charge in [-0.1, -0.05) is 6.08 Å². The minimum atomic E-state index is -0.226. The van der Waals surface area contributed by atoms with Gasteiger partial charge in [-0.2, -0.15) is 0 Å². The third-order valence-electron chi connectivity index (χ3n) is 2.12. The summed E-state index contributed by atoms with van der Waals surface area (Å²) in [5, 5.41) is 3.31. The first-order valence-corrected chi connectivity index (χ1v) is 6.41. The first kappa shape index (κ1) is 13.2. The van der Waals surface area contributed by atoms with Gasteiger partial charge in [0.1, 0.15) is 5.69 Å². The van der Waals surface area contributed by atoms with Crippen molar-refractivity contribution in [3.8, 4) is 0 Å². The van der Waals surface area contributed by atoms with Crippen molar-refractivity contribution in [2.24, 2.45) is 0 Å². The number of carbonyl (C=O) groups excluding carboxylic acids is 1. The van der Waals surface area contributed by atoms with Gasteiger partial charge in [0.25, 0.3) is 5.91 Å². The molecule has 0 spiro atoms. The van der Waals surface area contributed by atoms with E-state index in [1.54, 1.807) is 36.8 Å². The molecule has 1 amide bonds. The van der Waals surface area contributed by atoms with Crippen molar-refractivity contribution in [1.82, 2.24) is 20.3 Å². The fourth-order valence-corrected chi connectivity index (χ4v) is 2.04. The van der Waals surface area contributed by atoms with Gasteiger partial charge in [-0.05, 0) is 30.0 Å². The van der Waals surface area contributed by atoms with Crippen LogP contribution in [-0.2, 0) is 0 Å². The number of rotatable bonds is 5. The number of hydrogen-bond donors (Lipinski definition) is 1. The molecule has 96 valence electrons. The lowest BCUT2D eigenvalue weighted by molar-refractivity contribution is 0.0953. The number of hydrogen-bond acceptors (Lipinski definition) is 5. The summed E-state index contributed by atoms with van der Waals surface area (Å²) >= 11 is 1.38. The first-order chi connectivity index (χ1) is 9.29. The minimum absolute atomic E-state index is 0.226. The number of amides is 1. The molecular weight excluding hydrogens is 260 g/mol. The number of aromatic nitrogens is 3. The summed E-state index contributed by atoms with van der Waals surface area (Å²) in [5.41, 5.74) is 0.364. The molecule has 0 aliphatic rings. The van der Waals surface area contributed by atoms with Gasteiger partial charge < -0.3 is 5.32 Å². The zero-order valence-corrected chi connectivity index (χ0v) is 10.9. The molecule has 5 nitrogen and oxygen atoms in total. The zero-order chi connectivity index (χ0) is 13.5. The first-order valence-electron chi connectivity index (χ1n) is 5.59. The Morgan fingerprint density at radius 2 is 2.11 bits per heavy atom. The highest BCUT2D eigenvalue weighted by atomic mass is 32.2. The summed E-state index contributed by atoms with van der Waals surface area (Å²) in [6, 6.07) is 5.27. The molecule has 0 unspecified atom stereocenters. The van der Waals surface area contributed by atoms with Crippen molar-refractivity contribution in [1.29, 1.82) is 0 Å². The molecule has 19 heavy (non-hydrogen) atoms. The van der Waals surface area contributed by atoms with Gasteiger partial charge in [-0.25, -0.2) is 9.97 Å². The van der Waals surface area contributed by atoms with E-state index in [4.69, 9.17) is 0 Å². The summed E-state index contributed by atoms with van der Waals surface area (Å²) in [4.78, 5) is 24.9. The van der Waals surface area contributed by atoms with E-state index in [1.807, 2.05) is 6.07 Å². The molecular formula is C13H12N4OS. The Labute approximate surface area is 115 Å². The van der Waals surface area contributed by atoms with Crippen LogP contribution in [0.1, 0.15) is 10.5 Å². The molecule has 0 aromatic carbocycles. The van der Waals surface area contributed by atoms with Gasteiger partial charge in [0.05, 0.1) is 0 Å². The lowest BCUT2D eigenvalue weighted by atomic mass is 10.3. The van der Waals surface area contributed by atoms with Crippen molar-refractivity contribution in [3.63, 3.8) is 0 Å². The Morgan fingerprint density at radius 1 is 1.32 bits per heavy atom. The summed E-state index contributed by atoms with van der Waals surface area (Å²) < 4.78 is 0. The van der Waals surface area contributed by atoms with Crippen LogP contribution in [0.3, 0.4) is 0 Å². The van der Waals surface area contributed by atoms with Gasteiger partial charge >= 0.3 is 0 Å². The maximum Gasteiger partial charge on any atom is 0.270 e. The molecule has 0 atom stereocenters. The Hall–Kier alpha value is -2.21. The van der Waals surface area contributed by atoms with E-state index in [0.29, 0.717) is 17.4 Å². The summed E-state index contributed by atoms with van der Waals surface area (Å²) in [6.45, 7) is 3.96. The highest BCUT2D eigenvalue weighted by molar-refractivity contribution is 7.99. The standard InChI is InChI=1S/C13H12N4OS/c1-2-5-15-12(18)11-9-10(4-8-14-11)19-13-16-6-3-7-17-13/h2-4,6-9H,1,5H2,(H,15,18). The van der Waals surface area contributed by atoms with E-state index < -0.39 is 0 Å². The third-order valence-corrected chi connectivity index (χ3v) is 3.01. The molecule has 0 fully saturated rings. The molecule has 2 aromatic heterocycles. The van der Waals surface area contributed by atoms with Crippen LogP contribution in [0.2, 0.25) is 0 Å². The molecule has 0 saturated heterocycles. The average molecular weight is 272 g/mol. The minimum Gasteiger partial charge on any atom is -0.347 e. The van der Waals surface area contributed by atoms with Crippen LogP contribution in [0.5, 0.6) is 0 Å². The monoisotopic (exact) mass is 272 g/mol. The normalized spacial score (nSPS) is 9.89. The molecule has 2 heterocycles. The number of nitrogens with zero attached hydrogens (tertiary/aromatic N) is 3. The van der Waals surface area contributed by atoms with Gasteiger partial charge in [0.15, 0.2) is 5.16 Å². The van der Waals surface area contributed by atoms with Crippen molar-refractivity contribution in [3.05, 3.63) is 55.1 Å². The Bertz CT molecular complexity index is 574. The van der Waals surface area contributed by atoms with Crippen LogP contribution in [0.15, 0.2) is 59.5 Å². The molecule has 0 bridgehead atoms. The lowest BCUT2D eigenvalue weighted by Crippen LogP contribution is -2.24. The van der Waals surface area contributed by atoms with Crippen LogP contribution in [-0.4, -0.2) is 27.4 Å².